The maximum absolute atomic E-state index is 12.9. The number of piperazine rings is 1. The second-order valence-electron chi connectivity index (χ2n) is 9.22. The molecule has 0 saturated carbocycles. The highest BCUT2D eigenvalue weighted by molar-refractivity contribution is 6.33. The van der Waals surface area contributed by atoms with Crippen LogP contribution in [0, 0.1) is 6.92 Å². The number of aryl methyl sites for hydroxylation is 1. The smallest absolute Gasteiger partial charge is 0.255 e. The maximum Gasteiger partial charge on any atom is 0.255 e. The fourth-order valence-corrected chi connectivity index (χ4v) is 4.50. The molecule has 1 heterocycles. The topological polar surface area (TPSA) is 55.9 Å². The molecule has 0 aromatic heterocycles. The van der Waals surface area contributed by atoms with E-state index in [0.29, 0.717) is 16.1 Å². The molecule has 182 valence electrons. The number of nitrogens with one attached hydrogen (secondary N) is 1. The summed E-state index contributed by atoms with van der Waals surface area (Å²) < 4.78 is 0. The van der Waals surface area contributed by atoms with E-state index in [1.165, 1.54) is 0 Å². The molecule has 0 spiro atoms. The van der Waals surface area contributed by atoms with Gasteiger partial charge in [0.15, 0.2) is 0 Å². The average Bonchev–Trinajstić information content (AvgIpc) is 2.85. The van der Waals surface area contributed by atoms with Crippen molar-refractivity contribution in [3.05, 3.63) is 82.4 Å². The predicted molar refractivity (Wildman–Crippen MR) is 144 cm³/mol. The minimum absolute atomic E-state index is 0.0235. The molecule has 1 saturated heterocycles. The zero-order valence-corrected chi connectivity index (χ0v) is 21.4. The van der Waals surface area contributed by atoms with Gasteiger partial charge in [-0.1, -0.05) is 29.8 Å². The van der Waals surface area contributed by atoms with Crippen LogP contribution in [0.15, 0.2) is 60.7 Å². The summed E-state index contributed by atoms with van der Waals surface area (Å²) in [6.07, 6.45) is 0. The van der Waals surface area contributed by atoms with Crippen LogP contribution in [0.5, 0.6) is 0 Å². The average molecular weight is 491 g/mol. The Hall–Kier alpha value is -3.35. The molecule has 3 aromatic carbocycles. The Labute approximate surface area is 212 Å². The number of nitrogens with zero attached hydrogens (tertiary/aromatic N) is 3. The molecule has 6 nitrogen and oxygen atoms in total. The minimum atomic E-state index is -0.174. The maximum atomic E-state index is 12.9. The summed E-state index contributed by atoms with van der Waals surface area (Å²) in [5.41, 5.74) is 5.92. The highest BCUT2D eigenvalue weighted by atomic mass is 35.5. The van der Waals surface area contributed by atoms with Crippen molar-refractivity contribution in [2.24, 2.45) is 0 Å². The summed E-state index contributed by atoms with van der Waals surface area (Å²) in [4.78, 5) is 31.3. The van der Waals surface area contributed by atoms with Gasteiger partial charge in [-0.05, 0) is 73.1 Å². The van der Waals surface area contributed by atoms with Crippen LogP contribution in [0.1, 0.15) is 26.3 Å². The van der Waals surface area contributed by atoms with Crippen LogP contribution in [-0.2, 0) is 0 Å². The molecular weight excluding hydrogens is 460 g/mol. The van der Waals surface area contributed by atoms with E-state index in [0.717, 1.165) is 54.2 Å². The summed E-state index contributed by atoms with van der Waals surface area (Å²) in [5, 5.41) is 3.68. The first-order valence-corrected chi connectivity index (χ1v) is 12.1. The third-order valence-electron chi connectivity index (χ3n) is 6.39. The van der Waals surface area contributed by atoms with E-state index in [4.69, 9.17) is 11.6 Å². The second-order valence-corrected chi connectivity index (χ2v) is 9.62. The van der Waals surface area contributed by atoms with Gasteiger partial charge in [0.05, 0.1) is 10.7 Å². The molecule has 35 heavy (non-hydrogen) atoms. The molecule has 0 unspecified atom stereocenters. The molecule has 1 aliphatic rings. The molecule has 1 aliphatic heterocycles. The number of anilines is 2. The number of hydrogen-bond acceptors (Lipinski definition) is 4. The van der Waals surface area contributed by atoms with E-state index in [2.05, 4.69) is 22.2 Å². The largest absolute Gasteiger partial charge is 0.368 e. The van der Waals surface area contributed by atoms with Crippen LogP contribution in [-0.4, -0.2) is 68.9 Å². The van der Waals surface area contributed by atoms with E-state index in [-0.39, 0.29) is 11.8 Å². The number of halogens is 1. The van der Waals surface area contributed by atoms with Crippen molar-refractivity contribution in [1.29, 1.82) is 0 Å². The summed E-state index contributed by atoms with van der Waals surface area (Å²) in [6, 6.07) is 18.8. The monoisotopic (exact) mass is 490 g/mol. The van der Waals surface area contributed by atoms with E-state index in [9.17, 15) is 9.59 Å². The Morgan fingerprint density at radius 2 is 1.54 bits per heavy atom. The number of rotatable bonds is 5. The Kier molecular flexibility index (Phi) is 7.43. The number of carbonyl (C=O) groups excluding carboxylic acids is 2. The zero-order valence-electron chi connectivity index (χ0n) is 20.6. The van der Waals surface area contributed by atoms with Gasteiger partial charge < -0.3 is 20.0 Å². The summed E-state index contributed by atoms with van der Waals surface area (Å²) >= 11 is 6.46. The lowest BCUT2D eigenvalue weighted by molar-refractivity contribution is 0.0827. The summed E-state index contributed by atoms with van der Waals surface area (Å²) in [6.45, 7) is 5.75. The number of benzene rings is 3. The normalized spacial score (nSPS) is 14.0. The molecule has 4 rings (SSSR count). The molecule has 0 aliphatic carbocycles. The van der Waals surface area contributed by atoms with Gasteiger partial charge in [0, 0.05) is 57.1 Å². The first kappa shape index (κ1) is 24.8. The molecule has 0 radical (unpaired) electrons. The van der Waals surface area contributed by atoms with Gasteiger partial charge in [-0.3, -0.25) is 9.59 Å². The number of carbonyl (C=O) groups is 2. The Morgan fingerprint density at radius 1 is 0.886 bits per heavy atom. The standard InChI is InChI=1S/C28H31ClN4O2/c1-19-17-22(28(35)31(2)3)9-11-24(19)20-5-7-21(8-6-20)27(34)30-23-10-12-25(29)26(18-23)33-15-13-32(4)14-16-33/h5-12,17-18H,13-16H2,1-4H3,(H,30,34). The fraction of sp³-hybridized carbons (Fsp3) is 0.286. The predicted octanol–water partition coefficient (Wildman–Crippen LogP) is 5.02. The Balaban J connectivity index is 1.47. The lowest BCUT2D eigenvalue weighted by atomic mass is 9.97. The Morgan fingerprint density at radius 3 is 2.17 bits per heavy atom. The van der Waals surface area contributed by atoms with Gasteiger partial charge in [-0.15, -0.1) is 0 Å². The van der Waals surface area contributed by atoms with Gasteiger partial charge in [0.1, 0.15) is 0 Å². The van der Waals surface area contributed by atoms with Crippen molar-refractivity contribution in [2.45, 2.75) is 6.92 Å². The summed E-state index contributed by atoms with van der Waals surface area (Å²) in [7, 11) is 5.60. The van der Waals surface area contributed by atoms with Gasteiger partial charge in [0.2, 0.25) is 0 Å². The SMILES string of the molecule is Cc1cc(C(=O)N(C)C)ccc1-c1ccc(C(=O)Nc2ccc(Cl)c(N3CCN(C)CC3)c2)cc1. The van der Waals surface area contributed by atoms with E-state index >= 15 is 0 Å². The van der Waals surface area contributed by atoms with Crippen molar-refractivity contribution in [3.63, 3.8) is 0 Å². The van der Waals surface area contributed by atoms with Crippen LogP contribution < -0.4 is 10.2 Å². The van der Waals surface area contributed by atoms with Crippen LogP contribution >= 0.6 is 11.6 Å². The second kappa shape index (κ2) is 10.5. The molecule has 1 N–H and O–H groups in total. The zero-order chi connectivity index (χ0) is 25.1. The van der Waals surface area contributed by atoms with Crippen LogP contribution in [0.2, 0.25) is 5.02 Å². The molecule has 7 heteroatoms. The van der Waals surface area contributed by atoms with Gasteiger partial charge >= 0.3 is 0 Å². The molecule has 1 fully saturated rings. The number of amides is 2. The summed E-state index contributed by atoms with van der Waals surface area (Å²) in [5.74, 6) is -0.198. The Bertz CT molecular complexity index is 1230. The number of hydrogen-bond donors (Lipinski definition) is 1. The molecule has 0 atom stereocenters. The molecular formula is C28H31ClN4O2. The van der Waals surface area contributed by atoms with Crippen molar-refractivity contribution in [1.82, 2.24) is 9.80 Å². The molecule has 0 bridgehead atoms. The van der Waals surface area contributed by atoms with Crippen molar-refractivity contribution in [2.75, 3.05) is 57.5 Å². The fourth-order valence-electron chi connectivity index (χ4n) is 4.26. The van der Waals surface area contributed by atoms with Crippen molar-refractivity contribution in [3.8, 4) is 11.1 Å². The van der Waals surface area contributed by atoms with Crippen LogP contribution in [0.4, 0.5) is 11.4 Å². The molecule has 2 amide bonds. The third kappa shape index (κ3) is 5.66. The van der Waals surface area contributed by atoms with E-state index in [1.807, 2.05) is 67.6 Å². The van der Waals surface area contributed by atoms with Crippen molar-refractivity contribution < 1.29 is 9.59 Å². The first-order valence-electron chi connectivity index (χ1n) is 11.7. The van der Waals surface area contributed by atoms with Crippen LogP contribution in [0.25, 0.3) is 11.1 Å². The first-order chi connectivity index (χ1) is 16.7. The van der Waals surface area contributed by atoms with Crippen molar-refractivity contribution >= 4 is 34.8 Å². The minimum Gasteiger partial charge on any atom is -0.368 e. The highest BCUT2D eigenvalue weighted by Crippen LogP contribution is 2.30. The van der Waals surface area contributed by atoms with E-state index in [1.54, 1.807) is 19.0 Å². The van der Waals surface area contributed by atoms with Gasteiger partial charge in [-0.25, -0.2) is 0 Å². The third-order valence-corrected chi connectivity index (χ3v) is 6.71. The van der Waals surface area contributed by atoms with Crippen LogP contribution in [0.3, 0.4) is 0 Å². The quantitative estimate of drug-likeness (QED) is 0.545. The highest BCUT2D eigenvalue weighted by Gasteiger charge is 2.18. The van der Waals surface area contributed by atoms with Gasteiger partial charge in [0.25, 0.3) is 11.8 Å². The van der Waals surface area contributed by atoms with E-state index < -0.39 is 0 Å². The number of likely N-dealkylation sites (N-methyl/N-ethyl adjacent to an activating group) is 1. The molecule has 3 aromatic rings. The lowest BCUT2D eigenvalue weighted by Crippen LogP contribution is -2.44. The van der Waals surface area contributed by atoms with Gasteiger partial charge in [-0.2, -0.15) is 0 Å². The lowest BCUT2D eigenvalue weighted by Gasteiger charge is -2.34.